The number of amides is 1. The highest BCUT2D eigenvalue weighted by Gasteiger charge is 2.29. The monoisotopic (exact) mass is 371 g/mol. The van der Waals surface area contributed by atoms with Crippen LogP contribution in [0.4, 0.5) is 4.39 Å². The van der Waals surface area contributed by atoms with Crippen LogP contribution >= 0.6 is 0 Å². The van der Waals surface area contributed by atoms with Gasteiger partial charge < -0.3 is 9.88 Å². The van der Waals surface area contributed by atoms with Crippen molar-refractivity contribution in [3.8, 4) is 0 Å². The van der Waals surface area contributed by atoms with Crippen molar-refractivity contribution in [2.45, 2.75) is 46.0 Å². The van der Waals surface area contributed by atoms with Crippen LogP contribution in [0, 0.1) is 25.6 Å². The number of halogens is 1. The van der Waals surface area contributed by atoms with Crippen LogP contribution in [0.5, 0.6) is 0 Å². The first kappa shape index (κ1) is 19.3. The molecule has 144 valence electrons. The number of aromatic nitrogens is 2. The van der Waals surface area contributed by atoms with Gasteiger partial charge in [0.05, 0.1) is 11.3 Å². The molecule has 6 heteroatoms. The van der Waals surface area contributed by atoms with E-state index < -0.39 is 11.7 Å². The lowest BCUT2D eigenvalue weighted by atomic mass is 9.93. The number of ketones is 1. The third-order valence-electron chi connectivity index (χ3n) is 5.43. The first-order valence-electron chi connectivity index (χ1n) is 9.46. The van der Waals surface area contributed by atoms with E-state index in [0.29, 0.717) is 19.0 Å². The van der Waals surface area contributed by atoms with Crippen molar-refractivity contribution < 1.29 is 14.0 Å². The van der Waals surface area contributed by atoms with Crippen LogP contribution in [0.15, 0.2) is 24.3 Å². The summed E-state index contributed by atoms with van der Waals surface area (Å²) in [4.78, 5) is 34.8. The SMILES string of the molecule is Cc1nc(C2CCN(C(=O)C(C)CC(=O)c3ccccc3F)CC2)[nH]c1C. The van der Waals surface area contributed by atoms with Gasteiger partial charge in [0.2, 0.25) is 5.91 Å². The molecule has 1 aliphatic rings. The first-order chi connectivity index (χ1) is 12.9. The number of nitrogens with zero attached hydrogens (tertiary/aromatic N) is 2. The zero-order chi connectivity index (χ0) is 19.6. The van der Waals surface area contributed by atoms with Gasteiger partial charge in [0.1, 0.15) is 11.6 Å². The van der Waals surface area contributed by atoms with E-state index in [1.165, 1.54) is 12.1 Å². The van der Waals surface area contributed by atoms with Crippen LogP contribution in [0.1, 0.15) is 59.7 Å². The van der Waals surface area contributed by atoms with E-state index in [1.54, 1.807) is 19.1 Å². The molecule has 1 N–H and O–H groups in total. The number of aromatic amines is 1. The molecule has 5 nitrogen and oxygen atoms in total. The van der Waals surface area contributed by atoms with Gasteiger partial charge in [-0.05, 0) is 38.8 Å². The fraction of sp³-hybridized carbons (Fsp3) is 0.476. The summed E-state index contributed by atoms with van der Waals surface area (Å²) in [6.45, 7) is 7.05. The van der Waals surface area contributed by atoms with Crippen molar-refractivity contribution in [1.29, 1.82) is 0 Å². The summed E-state index contributed by atoms with van der Waals surface area (Å²) in [5.74, 6) is -0.0271. The summed E-state index contributed by atoms with van der Waals surface area (Å²) in [6.07, 6.45) is 1.73. The van der Waals surface area contributed by atoms with Crippen molar-refractivity contribution in [3.63, 3.8) is 0 Å². The molecule has 2 heterocycles. The van der Waals surface area contributed by atoms with E-state index in [1.807, 2.05) is 18.7 Å². The molecular formula is C21H26FN3O2. The van der Waals surface area contributed by atoms with E-state index >= 15 is 0 Å². The van der Waals surface area contributed by atoms with E-state index in [4.69, 9.17) is 0 Å². The van der Waals surface area contributed by atoms with Crippen molar-refractivity contribution in [2.24, 2.45) is 5.92 Å². The molecule has 1 unspecified atom stereocenters. The largest absolute Gasteiger partial charge is 0.346 e. The summed E-state index contributed by atoms with van der Waals surface area (Å²) in [5.41, 5.74) is 2.16. The maximum atomic E-state index is 13.8. The fourth-order valence-corrected chi connectivity index (χ4v) is 3.62. The van der Waals surface area contributed by atoms with Crippen molar-refractivity contribution >= 4 is 11.7 Å². The highest BCUT2D eigenvalue weighted by molar-refractivity contribution is 5.98. The molecule has 0 saturated carbocycles. The van der Waals surface area contributed by atoms with Gasteiger partial charge in [-0.15, -0.1) is 0 Å². The van der Waals surface area contributed by atoms with Gasteiger partial charge in [0, 0.05) is 37.0 Å². The number of aryl methyl sites for hydroxylation is 2. The number of imidazole rings is 1. The standard InChI is InChI=1S/C21H26FN3O2/c1-13(12-19(26)17-6-4-5-7-18(17)22)21(27)25-10-8-16(9-11-25)20-23-14(2)15(3)24-20/h4-7,13,16H,8-12H2,1-3H3,(H,23,24). The smallest absolute Gasteiger partial charge is 0.225 e. The Labute approximate surface area is 159 Å². The summed E-state index contributed by atoms with van der Waals surface area (Å²) in [5, 5.41) is 0. The van der Waals surface area contributed by atoms with E-state index in [9.17, 15) is 14.0 Å². The maximum absolute atomic E-state index is 13.8. The molecule has 1 aromatic heterocycles. The topological polar surface area (TPSA) is 66.1 Å². The number of carbonyl (C=O) groups is 2. The number of Topliss-reactive ketones (excluding diaryl/α,β-unsaturated/α-hetero) is 1. The molecule has 1 saturated heterocycles. The van der Waals surface area contributed by atoms with Gasteiger partial charge in [0.15, 0.2) is 5.78 Å². The lowest BCUT2D eigenvalue weighted by molar-refractivity contribution is -0.136. The molecular weight excluding hydrogens is 345 g/mol. The number of nitrogens with one attached hydrogen (secondary N) is 1. The highest BCUT2D eigenvalue weighted by atomic mass is 19.1. The quantitative estimate of drug-likeness (QED) is 0.814. The second-order valence-electron chi connectivity index (χ2n) is 7.44. The van der Waals surface area contributed by atoms with Crippen LogP contribution in [0.2, 0.25) is 0 Å². The first-order valence-corrected chi connectivity index (χ1v) is 9.46. The molecule has 0 radical (unpaired) electrons. The van der Waals surface area contributed by atoms with Crippen LogP contribution in [-0.4, -0.2) is 39.6 Å². The summed E-state index contributed by atoms with van der Waals surface area (Å²) in [6, 6.07) is 5.91. The average Bonchev–Trinajstić information content (AvgIpc) is 3.00. The Morgan fingerprint density at radius 1 is 1.26 bits per heavy atom. The lowest BCUT2D eigenvalue weighted by Crippen LogP contribution is -2.41. The molecule has 2 aromatic rings. The van der Waals surface area contributed by atoms with Crippen molar-refractivity contribution in [3.05, 3.63) is 52.9 Å². The number of piperidine rings is 1. The number of benzene rings is 1. The van der Waals surface area contributed by atoms with Gasteiger partial charge in [-0.2, -0.15) is 0 Å². The Morgan fingerprint density at radius 3 is 2.52 bits per heavy atom. The van der Waals surface area contributed by atoms with E-state index in [2.05, 4.69) is 9.97 Å². The van der Waals surface area contributed by atoms with Crippen LogP contribution in [-0.2, 0) is 4.79 Å². The highest BCUT2D eigenvalue weighted by Crippen LogP contribution is 2.28. The normalized spacial score (nSPS) is 16.4. The molecule has 0 aliphatic carbocycles. The van der Waals surface area contributed by atoms with Crippen molar-refractivity contribution in [1.82, 2.24) is 14.9 Å². The Hall–Kier alpha value is -2.50. The van der Waals surface area contributed by atoms with Gasteiger partial charge in [0.25, 0.3) is 0 Å². The minimum absolute atomic E-state index is 0.0241. The molecule has 1 amide bonds. The third kappa shape index (κ3) is 4.26. The predicted molar refractivity (Wildman–Crippen MR) is 101 cm³/mol. The van der Waals surface area contributed by atoms with Gasteiger partial charge >= 0.3 is 0 Å². The second kappa shape index (κ2) is 8.03. The number of hydrogen-bond donors (Lipinski definition) is 1. The third-order valence-corrected chi connectivity index (χ3v) is 5.43. The number of H-pyrrole nitrogens is 1. The van der Waals surface area contributed by atoms with Gasteiger partial charge in [-0.25, -0.2) is 9.37 Å². The lowest BCUT2D eigenvalue weighted by Gasteiger charge is -2.32. The minimum atomic E-state index is -0.535. The minimum Gasteiger partial charge on any atom is -0.346 e. The Morgan fingerprint density at radius 2 is 1.93 bits per heavy atom. The summed E-state index contributed by atoms with van der Waals surface area (Å²) < 4.78 is 13.8. The number of rotatable bonds is 5. The zero-order valence-electron chi connectivity index (χ0n) is 16.1. The zero-order valence-corrected chi connectivity index (χ0v) is 16.1. The number of likely N-dealkylation sites (tertiary alicyclic amines) is 1. The second-order valence-corrected chi connectivity index (χ2v) is 7.44. The molecule has 1 fully saturated rings. The average molecular weight is 371 g/mol. The van der Waals surface area contributed by atoms with Gasteiger partial charge in [-0.3, -0.25) is 9.59 Å². The predicted octanol–water partition coefficient (Wildman–Crippen LogP) is 3.78. The van der Waals surface area contributed by atoms with Crippen LogP contribution < -0.4 is 0 Å². The molecule has 1 aliphatic heterocycles. The number of carbonyl (C=O) groups excluding carboxylic acids is 2. The van der Waals surface area contributed by atoms with Crippen LogP contribution in [0.25, 0.3) is 0 Å². The van der Waals surface area contributed by atoms with E-state index in [-0.39, 0.29) is 23.7 Å². The fourth-order valence-electron chi connectivity index (χ4n) is 3.62. The Kier molecular flexibility index (Phi) is 5.73. The Balaban J connectivity index is 1.55. The van der Waals surface area contributed by atoms with Crippen molar-refractivity contribution in [2.75, 3.05) is 13.1 Å². The number of hydrogen-bond acceptors (Lipinski definition) is 3. The molecule has 0 bridgehead atoms. The summed E-state index contributed by atoms with van der Waals surface area (Å²) in [7, 11) is 0. The molecule has 27 heavy (non-hydrogen) atoms. The summed E-state index contributed by atoms with van der Waals surface area (Å²) >= 11 is 0. The maximum Gasteiger partial charge on any atom is 0.225 e. The van der Waals surface area contributed by atoms with E-state index in [0.717, 1.165) is 30.1 Å². The molecule has 0 spiro atoms. The molecule has 1 aromatic carbocycles. The van der Waals surface area contributed by atoms with Crippen LogP contribution in [0.3, 0.4) is 0 Å². The molecule has 1 atom stereocenters. The van der Waals surface area contributed by atoms with Gasteiger partial charge in [-0.1, -0.05) is 19.1 Å². The molecule has 3 rings (SSSR count). The Bertz CT molecular complexity index is 818.